The summed E-state index contributed by atoms with van der Waals surface area (Å²) in [6.07, 6.45) is 8.76. The van der Waals surface area contributed by atoms with E-state index in [-0.39, 0.29) is 23.4 Å². The zero-order chi connectivity index (χ0) is 25.2. The van der Waals surface area contributed by atoms with Gasteiger partial charge in [-0.1, -0.05) is 19.8 Å². The predicted octanol–water partition coefficient (Wildman–Crippen LogP) is 4.23. The molecule has 1 fully saturated rings. The third-order valence-corrected chi connectivity index (χ3v) is 7.05. The maximum Gasteiger partial charge on any atom is 0.336 e. The van der Waals surface area contributed by atoms with E-state index in [9.17, 15) is 14.7 Å². The first-order valence-corrected chi connectivity index (χ1v) is 12.3. The van der Waals surface area contributed by atoms with Crippen molar-refractivity contribution in [2.24, 2.45) is 11.8 Å². The van der Waals surface area contributed by atoms with Crippen LogP contribution in [0.2, 0.25) is 0 Å². The summed E-state index contributed by atoms with van der Waals surface area (Å²) >= 11 is 0. The fourth-order valence-corrected chi connectivity index (χ4v) is 5.01. The molecule has 5 rings (SSSR count). The van der Waals surface area contributed by atoms with Gasteiger partial charge in [0.1, 0.15) is 11.5 Å². The van der Waals surface area contributed by atoms with Crippen LogP contribution in [0.1, 0.15) is 72.2 Å². The minimum absolute atomic E-state index is 0.126. The van der Waals surface area contributed by atoms with Crippen molar-refractivity contribution >= 4 is 23.0 Å². The highest BCUT2D eigenvalue weighted by Crippen LogP contribution is 2.37. The lowest BCUT2D eigenvalue weighted by Gasteiger charge is -2.32. The summed E-state index contributed by atoms with van der Waals surface area (Å²) in [5, 5.41) is 17.0. The standard InChI is InChI=1S/C26H29N7O3/c1-3-33-21(11-13-28-33)25(34)31-22(16-6-4-15(2)5-7-16)24-30-20-9-8-19(29-23(20)32-24)18-14-27-12-10-17(18)26(35)36/h8-16,22H,3-7H2,1-2H3,(H,31,34)(H,35,36)(H,29,30,32). The van der Waals surface area contributed by atoms with Crippen molar-refractivity contribution in [3.05, 3.63) is 59.9 Å². The predicted molar refractivity (Wildman–Crippen MR) is 133 cm³/mol. The minimum atomic E-state index is -1.04. The topological polar surface area (TPSA) is 139 Å². The molecule has 4 aromatic heterocycles. The van der Waals surface area contributed by atoms with Crippen LogP contribution in [0.5, 0.6) is 0 Å². The van der Waals surface area contributed by atoms with Crippen molar-refractivity contribution in [3.8, 4) is 11.3 Å². The highest BCUT2D eigenvalue weighted by atomic mass is 16.4. The molecule has 3 N–H and O–H groups in total. The average Bonchev–Trinajstić information content (AvgIpc) is 3.54. The molecule has 4 heterocycles. The number of carbonyl (C=O) groups excluding carboxylic acids is 1. The van der Waals surface area contributed by atoms with Crippen molar-refractivity contribution in [3.63, 3.8) is 0 Å². The number of carboxylic acids is 1. The monoisotopic (exact) mass is 487 g/mol. The van der Waals surface area contributed by atoms with Crippen molar-refractivity contribution in [2.45, 2.75) is 52.1 Å². The number of rotatable bonds is 7. The summed E-state index contributed by atoms with van der Waals surface area (Å²) in [5.74, 6) is 0.322. The van der Waals surface area contributed by atoms with Gasteiger partial charge >= 0.3 is 5.97 Å². The van der Waals surface area contributed by atoms with E-state index >= 15 is 0 Å². The lowest BCUT2D eigenvalue weighted by atomic mass is 9.79. The number of nitrogens with one attached hydrogen (secondary N) is 2. The van der Waals surface area contributed by atoms with Crippen molar-refractivity contribution < 1.29 is 14.7 Å². The summed E-state index contributed by atoms with van der Waals surface area (Å²) < 4.78 is 1.68. The molecular weight excluding hydrogens is 458 g/mol. The van der Waals surface area contributed by atoms with Gasteiger partial charge in [-0.2, -0.15) is 5.10 Å². The zero-order valence-electron chi connectivity index (χ0n) is 20.3. The second-order valence-corrected chi connectivity index (χ2v) is 9.42. The van der Waals surface area contributed by atoms with E-state index < -0.39 is 5.97 Å². The quantitative estimate of drug-likeness (QED) is 0.354. The molecule has 10 nitrogen and oxygen atoms in total. The average molecular weight is 488 g/mol. The number of H-pyrrole nitrogens is 1. The number of pyridine rings is 2. The Labute approximate surface area is 208 Å². The van der Waals surface area contributed by atoms with Gasteiger partial charge in [-0.3, -0.25) is 14.5 Å². The first-order chi connectivity index (χ1) is 17.4. The van der Waals surface area contributed by atoms with Gasteiger partial charge in [-0.05, 0) is 55.9 Å². The van der Waals surface area contributed by atoms with E-state index in [0.717, 1.165) is 31.2 Å². The molecule has 0 bridgehead atoms. The molecule has 4 aromatic rings. The molecule has 1 atom stereocenters. The van der Waals surface area contributed by atoms with E-state index in [1.54, 1.807) is 23.0 Å². The van der Waals surface area contributed by atoms with Gasteiger partial charge in [0.05, 0.1) is 22.8 Å². The van der Waals surface area contributed by atoms with Gasteiger partial charge in [0, 0.05) is 30.7 Å². The van der Waals surface area contributed by atoms with Gasteiger partial charge in [0.2, 0.25) is 0 Å². The van der Waals surface area contributed by atoms with Crippen LogP contribution in [0, 0.1) is 11.8 Å². The van der Waals surface area contributed by atoms with Gasteiger partial charge in [-0.15, -0.1) is 0 Å². The van der Waals surface area contributed by atoms with Crippen LogP contribution < -0.4 is 5.32 Å². The van der Waals surface area contributed by atoms with Crippen LogP contribution in [0.25, 0.3) is 22.4 Å². The van der Waals surface area contributed by atoms with Crippen LogP contribution in [0.15, 0.2) is 42.9 Å². The third kappa shape index (κ3) is 4.58. The van der Waals surface area contributed by atoms with Gasteiger partial charge in [0.25, 0.3) is 5.91 Å². The minimum Gasteiger partial charge on any atom is -0.478 e. The molecule has 186 valence electrons. The summed E-state index contributed by atoms with van der Waals surface area (Å²) in [6, 6.07) is 6.45. The van der Waals surface area contributed by atoms with E-state index in [2.05, 4.69) is 32.3 Å². The molecule has 0 aliphatic heterocycles. The SMILES string of the molecule is CCn1nccc1C(=O)NC(c1nc2nc(-c3cnccc3C(=O)O)ccc2[nH]1)C1CCC(C)CC1. The summed E-state index contributed by atoms with van der Waals surface area (Å²) in [4.78, 5) is 41.7. The van der Waals surface area contributed by atoms with E-state index in [0.29, 0.717) is 40.9 Å². The molecule has 0 radical (unpaired) electrons. The molecule has 1 amide bonds. The Morgan fingerprint density at radius 1 is 1.14 bits per heavy atom. The largest absolute Gasteiger partial charge is 0.478 e. The number of hydrogen-bond acceptors (Lipinski definition) is 6. The molecule has 1 aliphatic rings. The Balaban J connectivity index is 1.50. The van der Waals surface area contributed by atoms with Crippen LogP contribution in [0.4, 0.5) is 0 Å². The normalized spacial score (nSPS) is 18.7. The fourth-order valence-electron chi connectivity index (χ4n) is 5.01. The zero-order valence-corrected chi connectivity index (χ0v) is 20.3. The molecule has 0 aromatic carbocycles. The number of hydrogen-bond donors (Lipinski definition) is 3. The maximum absolute atomic E-state index is 13.2. The van der Waals surface area contributed by atoms with Crippen LogP contribution >= 0.6 is 0 Å². The number of imidazole rings is 1. The Morgan fingerprint density at radius 2 is 1.94 bits per heavy atom. The molecular formula is C26H29N7O3. The molecule has 1 aliphatic carbocycles. The number of fused-ring (bicyclic) bond motifs is 1. The van der Waals surface area contributed by atoms with Crippen LogP contribution in [0.3, 0.4) is 0 Å². The smallest absolute Gasteiger partial charge is 0.336 e. The van der Waals surface area contributed by atoms with Gasteiger partial charge in [-0.25, -0.2) is 14.8 Å². The molecule has 0 saturated heterocycles. The Morgan fingerprint density at radius 3 is 2.69 bits per heavy atom. The lowest BCUT2D eigenvalue weighted by molar-refractivity contribution is 0.0697. The maximum atomic E-state index is 13.2. The summed E-state index contributed by atoms with van der Waals surface area (Å²) in [5.41, 5.74) is 2.73. The number of aromatic nitrogens is 6. The van der Waals surface area contributed by atoms with Crippen LogP contribution in [-0.2, 0) is 6.54 Å². The van der Waals surface area contributed by atoms with E-state index in [1.807, 2.05) is 13.0 Å². The number of carbonyl (C=O) groups is 2. The summed E-state index contributed by atoms with van der Waals surface area (Å²) in [7, 11) is 0. The molecule has 10 heteroatoms. The highest BCUT2D eigenvalue weighted by Gasteiger charge is 2.32. The Bertz CT molecular complexity index is 1400. The van der Waals surface area contributed by atoms with Gasteiger partial charge < -0.3 is 15.4 Å². The van der Waals surface area contributed by atoms with Crippen molar-refractivity contribution in [2.75, 3.05) is 0 Å². The molecule has 1 saturated carbocycles. The number of nitrogens with zero attached hydrogens (tertiary/aromatic N) is 5. The third-order valence-electron chi connectivity index (χ3n) is 7.05. The summed E-state index contributed by atoms with van der Waals surface area (Å²) in [6.45, 7) is 4.82. The number of aryl methyl sites for hydroxylation is 1. The number of carboxylic acid groups (broad SMARTS) is 1. The lowest BCUT2D eigenvalue weighted by Crippen LogP contribution is -2.36. The second kappa shape index (κ2) is 9.88. The molecule has 0 spiro atoms. The first-order valence-electron chi connectivity index (χ1n) is 12.3. The Kier molecular flexibility index (Phi) is 6.49. The highest BCUT2D eigenvalue weighted by molar-refractivity contribution is 5.95. The first kappa shape index (κ1) is 23.7. The molecule has 36 heavy (non-hydrogen) atoms. The van der Waals surface area contributed by atoms with Crippen molar-refractivity contribution in [1.29, 1.82) is 0 Å². The second-order valence-electron chi connectivity index (χ2n) is 9.42. The van der Waals surface area contributed by atoms with Crippen molar-refractivity contribution in [1.82, 2.24) is 35.0 Å². The van der Waals surface area contributed by atoms with E-state index in [4.69, 9.17) is 4.98 Å². The Hall–Kier alpha value is -4.08. The van der Waals surface area contributed by atoms with Gasteiger partial charge in [0.15, 0.2) is 5.65 Å². The fraction of sp³-hybridized carbons (Fsp3) is 0.385. The number of aromatic carboxylic acids is 1. The number of aromatic amines is 1. The molecule has 1 unspecified atom stereocenters. The number of amides is 1. The van der Waals surface area contributed by atoms with E-state index in [1.165, 1.54) is 18.5 Å². The van der Waals surface area contributed by atoms with Crippen LogP contribution in [-0.4, -0.2) is 46.7 Å².